The Morgan fingerprint density at radius 2 is 2.17 bits per heavy atom. The number of benzene rings is 1. The highest BCUT2D eigenvalue weighted by molar-refractivity contribution is 9.10. The van der Waals surface area contributed by atoms with E-state index in [1.165, 1.54) is 0 Å². The van der Waals surface area contributed by atoms with E-state index in [1.807, 2.05) is 24.3 Å². The van der Waals surface area contributed by atoms with Crippen LogP contribution in [0, 0.1) is 0 Å². The summed E-state index contributed by atoms with van der Waals surface area (Å²) in [4.78, 5) is 4.22. The average Bonchev–Trinajstić information content (AvgIpc) is 2.04. The maximum Gasteiger partial charge on any atom is 0.0844 e. The number of aromatic nitrogens is 1. The molecule has 3 heteroatoms. The monoisotopic (exact) mass is 241 g/mol. The van der Waals surface area contributed by atoms with Crippen LogP contribution in [0.4, 0.5) is 0 Å². The van der Waals surface area contributed by atoms with Crippen LogP contribution in [0.3, 0.4) is 0 Å². The van der Waals surface area contributed by atoms with Gasteiger partial charge in [-0.25, -0.2) is 0 Å². The standard InChI is InChI=1S/C9H5BrClN/c10-8-5-7(11)4-6-2-1-3-12-9(6)8/h1-5H. The fraction of sp³-hybridized carbons (Fsp3) is 0. The van der Waals surface area contributed by atoms with Gasteiger partial charge in [0, 0.05) is 21.1 Å². The Balaban J connectivity index is 2.89. The molecule has 0 spiro atoms. The Kier molecular flexibility index (Phi) is 2.03. The SMILES string of the molecule is Clc1cc(Br)c2ncccc2c1. The molecule has 1 nitrogen and oxygen atoms in total. The predicted octanol–water partition coefficient (Wildman–Crippen LogP) is 3.65. The van der Waals surface area contributed by atoms with Crippen LogP contribution in [0.1, 0.15) is 0 Å². The average molecular weight is 243 g/mol. The molecule has 60 valence electrons. The second kappa shape index (κ2) is 3.04. The molecule has 0 bridgehead atoms. The lowest BCUT2D eigenvalue weighted by Crippen LogP contribution is -1.78. The molecule has 0 amide bonds. The van der Waals surface area contributed by atoms with Crippen molar-refractivity contribution in [3.05, 3.63) is 40.0 Å². The minimum absolute atomic E-state index is 0.724. The largest absolute Gasteiger partial charge is 0.255 e. The fourth-order valence-corrected chi connectivity index (χ4v) is 2.05. The number of hydrogen-bond donors (Lipinski definition) is 0. The summed E-state index contributed by atoms with van der Waals surface area (Å²) >= 11 is 9.27. The molecule has 12 heavy (non-hydrogen) atoms. The third kappa shape index (κ3) is 1.32. The molecule has 0 fully saturated rings. The molecule has 1 aromatic carbocycles. The Bertz CT molecular complexity index is 428. The van der Waals surface area contributed by atoms with Gasteiger partial charge in [-0.1, -0.05) is 17.7 Å². The van der Waals surface area contributed by atoms with Crippen molar-refractivity contribution in [2.75, 3.05) is 0 Å². The molecule has 1 heterocycles. The Hall–Kier alpha value is -0.600. The molecule has 0 saturated carbocycles. The molecule has 0 aliphatic heterocycles. The van der Waals surface area contributed by atoms with Gasteiger partial charge in [-0.15, -0.1) is 0 Å². The van der Waals surface area contributed by atoms with Crippen molar-refractivity contribution in [3.8, 4) is 0 Å². The topological polar surface area (TPSA) is 12.9 Å². The van der Waals surface area contributed by atoms with E-state index >= 15 is 0 Å². The molecule has 0 unspecified atom stereocenters. The zero-order chi connectivity index (χ0) is 8.55. The summed E-state index contributed by atoms with van der Waals surface area (Å²) < 4.78 is 0.936. The van der Waals surface area contributed by atoms with Crippen LogP contribution >= 0.6 is 27.5 Å². The van der Waals surface area contributed by atoms with Gasteiger partial charge in [-0.2, -0.15) is 0 Å². The van der Waals surface area contributed by atoms with Crippen LogP contribution in [0.5, 0.6) is 0 Å². The lowest BCUT2D eigenvalue weighted by atomic mass is 10.2. The van der Waals surface area contributed by atoms with Crippen molar-refractivity contribution >= 4 is 38.4 Å². The summed E-state index contributed by atoms with van der Waals surface area (Å²) in [5.74, 6) is 0. The van der Waals surface area contributed by atoms with Gasteiger partial charge in [0.1, 0.15) is 0 Å². The first-order valence-corrected chi connectivity index (χ1v) is 4.64. The molecular weight excluding hydrogens is 237 g/mol. The summed E-state index contributed by atoms with van der Waals surface area (Å²) in [6.45, 7) is 0. The molecule has 0 aliphatic carbocycles. The number of halogens is 2. The van der Waals surface area contributed by atoms with E-state index < -0.39 is 0 Å². The van der Waals surface area contributed by atoms with E-state index in [4.69, 9.17) is 11.6 Å². The van der Waals surface area contributed by atoms with E-state index in [0.717, 1.165) is 20.4 Å². The Morgan fingerprint density at radius 3 is 3.00 bits per heavy atom. The molecule has 0 saturated heterocycles. The van der Waals surface area contributed by atoms with Crippen molar-refractivity contribution in [3.63, 3.8) is 0 Å². The predicted molar refractivity (Wildman–Crippen MR) is 54.5 cm³/mol. The Morgan fingerprint density at radius 1 is 1.33 bits per heavy atom. The van der Waals surface area contributed by atoms with E-state index in [9.17, 15) is 0 Å². The molecule has 2 rings (SSSR count). The van der Waals surface area contributed by atoms with Crippen LogP contribution in [0.15, 0.2) is 34.9 Å². The molecule has 1 aromatic heterocycles. The van der Waals surface area contributed by atoms with E-state index in [-0.39, 0.29) is 0 Å². The van der Waals surface area contributed by atoms with Crippen LogP contribution in [0.25, 0.3) is 10.9 Å². The maximum absolute atomic E-state index is 5.87. The fourth-order valence-electron chi connectivity index (χ4n) is 1.11. The molecule has 2 aromatic rings. The highest BCUT2D eigenvalue weighted by atomic mass is 79.9. The van der Waals surface area contributed by atoms with Crippen molar-refractivity contribution in [2.45, 2.75) is 0 Å². The van der Waals surface area contributed by atoms with Gasteiger partial charge >= 0.3 is 0 Å². The van der Waals surface area contributed by atoms with Crippen LogP contribution in [-0.2, 0) is 0 Å². The van der Waals surface area contributed by atoms with Crippen LogP contribution in [0.2, 0.25) is 5.02 Å². The molecule has 0 aliphatic rings. The summed E-state index contributed by atoms with van der Waals surface area (Å²) in [6.07, 6.45) is 1.76. The number of pyridine rings is 1. The van der Waals surface area contributed by atoms with Crippen molar-refractivity contribution in [2.24, 2.45) is 0 Å². The number of hydrogen-bond acceptors (Lipinski definition) is 1. The van der Waals surface area contributed by atoms with Gasteiger partial charge in [-0.05, 0) is 34.1 Å². The van der Waals surface area contributed by atoms with Gasteiger partial charge in [0.05, 0.1) is 5.52 Å². The first-order chi connectivity index (χ1) is 5.77. The molecule has 0 radical (unpaired) electrons. The second-order valence-corrected chi connectivity index (χ2v) is 3.75. The van der Waals surface area contributed by atoms with Crippen LogP contribution in [-0.4, -0.2) is 4.98 Å². The molecule has 0 N–H and O–H groups in total. The van der Waals surface area contributed by atoms with Crippen molar-refractivity contribution < 1.29 is 0 Å². The number of nitrogens with zero attached hydrogens (tertiary/aromatic N) is 1. The summed E-state index contributed by atoms with van der Waals surface area (Å²) in [5.41, 5.74) is 0.946. The first kappa shape index (κ1) is 8.02. The van der Waals surface area contributed by atoms with Gasteiger partial charge in [-0.3, -0.25) is 4.98 Å². The van der Waals surface area contributed by atoms with Gasteiger partial charge < -0.3 is 0 Å². The third-order valence-corrected chi connectivity index (χ3v) is 2.45. The van der Waals surface area contributed by atoms with Crippen molar-refractivity contribution in [1.82, 2.24) is 4.98 Å². The lowest BCUT2D eigenvalue weighted by Gasteiger charge is -1.99. The summed E-state index contributed by atoms with van der Waals surface area (Å²) in [7, 11) is 0. The van der Waals surface area contributed by atoms with Gasteiger partial charge in [0.15, 0.2) is 0 Å². The van der Waals surface area contributed by atoms with Gasteiger partial charge in [0.2, 0.25) is 0 Å². The zero-order valence-corrected chi connectivity index (χ0v) is 8.43. The maximum atomic E-state index is 5.87. The lowest BCUT2D eigenvalue weighted by molar-refractivity contribution is 1.40. The number of fused-ring (bicyclic) bond motifs is 1. The number of rotatable bonds is 0. The first-order valence-electron chi connectivity index (χ1n) is 3.47. The normalized spacial score (nSPS) is 10.5. The minimum Gasteiger partial charge on any atom is -0.255 e. The highest BCUT2D eigenvalue weighted by Crippen LogP contribution is 2.25. The van der Waals surface area contributed by atoms with Crippen molar-refractivity contribution in [1.29, 1.82) is 0 Å². The summed E-state index contributed by atoms with van der Waals surface area (Å²) in [5, 5.41) is 1.78. The Labute approximate surface area is 83.5 Å². The quantitative estimate of drug-likeness (QED) is 0.687. The van der Waals surface area contributed by atoms with Crippen LogP contribution < -0.4 is 0 Å². The minimum atomic E-state index is 0.724. The smallest absolute Gasteiger partial charge is 0.0844 e. The highest BCUT2D eigenvalue weighted by Gasteiger charge is 1.99. The third-order valence-electron chi connectivity index (χ3n) is 1.62. The van der Waals surface area contributed by atoms with E-state index in [1.54, 1.807) is 6.20 Å². The second-order valence-electron chi connectivity index (χ2n) is 2.46. The zero-order valence-electron chi connectivity index (χ0n) is 6.09. The van der Waals surface area contributed by atoms with E-state index in [2.05, 4.69) is 20.9 Å². The molecule has 0 atom stereocenters. The van der Waals surface area contributed by atoms with Gasteiger partial charge in [0.25, 0.3) is 0 Å². The van der Waals surface area contributed by atoms with E-state index in [0.29, 0.717) is 0 Å². The summed E-state index contributed by atoms with van der Waals surface area (Å²) in [6, 6.07) is 7.62. The molecular formula is C9H5BrClN.